The molecule has 1 aromatic rings. The highest BCUT2D eigenvalue weighted by molar-refractivity contribution is 5.80. The van der Waals surface area contributed by atoms with Gasteiger partial charge in [-0.2, -0.15) is 0 Å². The van der Waals surface area contributed by atoms with Crippen molar-refractivity contribution in [3.8, 4) is 0 Å². The molecule has 1 aliphatic rings. The highest BCUT2D eigenvalue weighted by Gasteiger charge is 2.48. The van der Waals surface area contributed by atoms with Crippen LogP contribution >= 0.6 is 0 Å². The highest BCUT2D eigenvalue weighted by atomic mass is 19.3. The molecule has 0 bridgehead atoms. The normalized spacial score (nSPS) is 22.2. The molecule has 1 fully saturated rings. The minimum atomic E-state index is -2.75. The van der Waals surface area contributed by atoms with E-state index < -0.39 is 17.3 Å². The van der Waals surface area contributed by atoms with Crippen LogP contribution in [0.25, 0.3) is 6.08 Å². The fraction of sp³-hybridized carbons (Fsp3) is 0.500. The summed E-state index contributed by atoms with van der Waals surface area (Å²) in [5, 5.41) is 9.44. The molecule has 104 valence electrons. The molecule has 0 aliphatic heterocycles. The SMILES string of the molecule is C/C(=C\c1ccco1)C1(C(=O)O)CCC(F)(F)CC1. The van der Waals surface area contributed by atoms with Gasteiger partial charge in [0.2, 0.25) is 5.92 Å². The minimum Gasteiger partial charge on any atom is -0.481 e. The first kappa shape index (κ1) is 13.8. The lowest BCUT2D eigenvalue weighted by molar-refractivity contribution is -0.153. The fourth-order valence-corrected chi connectivity index (χ4v) is 2.54. The molecule has 0 radical (unpaired) electrons. The van der Waals surface area contributed by atoms with Crippen LogP contribution in [0.4, 0.5) is 8.78 Å². The summed E-state index contributed by atoms with van der Waals surface area (Å²) in [6, 6.07) is 3.40. The third kappa shape index (κ3) is 2.69. The van der Waals surface area contributed by atoms with E-state index in [0.717, 1.165) is 0 Å². The van der Waals surface area contributed by atoms with Crippen LogP contribution in [0.5, 0.6) is 0 Å². The Hall–Kier alpha value is -1.65. The maximum Gasteiger partial charge on any atom is 0.313 e. The van der Waals surface area contributed by atoms with Crippen LogP contribution in [0, 0.1) is 5.41 Å². The molecule has 1 N–H and O–H groups in total. The summed E-state index contributed by atoms with van der Waals surface area (Å²) in [7, 11) is 0. The summed E-state index contributed by atoms with van der Waals surface area (Å²) < 4.78 is 31.6. The zero-order valence-corrected chi connectivity index (χ0v) is 10.7. The molecule has 1 aromatic heterocycles. The Labute approximate surface area is 109 Å². The Balaban J connectivity index is 2.28. The van der Waals surface area contributed by atoms with Crippen LogP contribution in [0.3, 0.4) is 0 Å². The van der Waals surface area contributed by atoms with E-state index in [4.69, 9.17) is 4.42 Å². The Morgan fingerprint density at radius 2 is 2.00 bits per heavy atom. The topological polar surface area (TPSA) is 50.4 Å². The summed E-state index contributed by atoms with van der Waals surface area (Å²) in [5.74, 6) is -3.25. The molecule has 19 heavy (non-hydrogen) atoms. The Bertz CT molecular complexity index is 479. The summed E-state index contributed by atoms with van der Waals surface area (Å²) in [5.41, 5.74) is -0.639. The van der Waals surface area contributed by atoms with Gasteiger partial charge in [-0.3, -0.25) is 4.79 Å². The molecular formula is C14H16F2O3. The lowest BCUT2D eigenvalue weighted by Gasteiger charge is -2.37. The minimum absolute atomic E-state index is 0.0433. The van der Waals surface area contributed by atoms with E-state index in [9.17, 15) is 18.7 Å². The van der Waals surface area contributed by atoms with Crippen molar-refractivity contribution < 1.29 is 23.1 Å². The first-order chi connectivity index (χ1) is 8.86. The zero-order chi connectivity index (χ0) is 14.1. The van der Waals surface area contributed by atoms with Gasteiger partial charge in [0.05, 0.1) is 11.7 Å². The summed E-state index contributed by atoms with van der Waals surface area (Å²) in [6.45, 7) is 1.67. The van der Waals surface area contributed by atoms with Gasteiger partial charge in [-0.15, -0.1) is 0 Å². The summed E-state index contributed by atoms with van der Waals surface area (Å²) in [6.07, 6.45) is 2.25. The van der Waals surface area contributed by atoms with Crippen molar-refractivity contribution in [2.75, 3.05) is 0 Å². The van der Waals surface area contributed by atoms with Crippen LogP contribution in [0.2, 0.25) is 0 Å². The third-order valence-corrected chi connectivity index (χ3v) is 3.90. The number of rotatable bonds is 3. The van der Waals surface area contributed by atoms with Crippen LogP contribution in [0.1, 0.15) is 38.4 Å². The first-order valence-corrected chi connectivity index (χ1v) is 6.19. The summed E-state index contributed by atoms with van der Waals surface area (Å²) in [4.78, 5) is 11.5. The van der Waals surface area contributed by atoms with Gasteiger partial charge in [-0.05, 0) is 38.0 Å². The number of alkyl halides is 2. The van der Waals surface area contributed by atoms with Crippen LogP contribution in [-0.2, 0) is 4.79 Å². The molecule has 5 heteroatoms. The van der Waals surface area contributed by atoms with Crippen LogP contribution < -0.4 is 0 Å². The number of furan rings is 1. The number of carboxylic acid groups (broad SMARTS) is 1. The number of carbonyl (C=O) groups is 1. The van der Waals surface area contributed by atoms with Gasteiger partial charge >= 0.3 is 5.97 Å². The Kier molecular flexibility index (Phi) is 3.47. The molecule has 0 amide bonds. The Morgan fingerprint density at radius 1 is 1.37 bits per heavy atom. The maximum atomic E-state index is 13.2. The maximum absolute atomic E-state index is 13.2. The molecule has 0 aromatic carbocycles. The number of aliphatic carboxylic acids is 1. The number of hydrogen-bond donors (Lipinski definition) is 1. The van der Waals surface area contributed by atoms with Crippen LogP contribution in [0.15, 0.2) is 28.4 Å². The smallest absolute Gasteiger partial charge is 0.313 e. The van der Waals surface area contributed by atoms with Crippen molar-refractivity contribution in [2.45, 2.75) is 38.5 Å². The molecule has 1 saturated carbocycles. The van der Waals surface area contributed by atoms with E-state index in [1.54, 1.807) is 25.1 Å². The molecule has 0 saturated heterocycles. The van der Waals surface area contributed by atoms with E-state index >= 15 is 0 Å². The van der Waals surface area contributed by atoms with Crippen molar-refractivity contribution >= 4 is 12.0 Å². The van der Waals surface area contributed by atoms with Crippen molar-refractivity contribution in [1.29, 1.82) is 0 Å². The second-order valence-corrected chi connectivity index (χ2v) is 5.09. The molecule has 1 aliphatic carbocycles. The van der Waals surface area contributed by atoms with E-state index in [1.165, 1.54) is 6.26 Å². The second kappa shape index (κ2) is 4.79. The highest BCUT2D eigenvalue weighted by Crippen LogP contribution is 2.48. The first-order valence-electron chi connectivity index (χ1n) is 6.19. The van der Waals surface area contributed by atoms with Crippen molar-refractivity contribution in [1.82, 2.24) is 0 Å². The predicted molar refractivity (Wildman–Crippen MR) is 65.8 cm³/mol. The van der Waals surface area contributed by atoms with E-state index in [2.05, 4.69) is 0 Å². The van der Waals surface area contributed by atoms with Gasteiger partial charge in [-0.1, -0.05) is 5.57 Å². The molecule has 3 nitrogen and oxygen atoms in total. The quantitative estimate of drug-likeness (QED) is 0.904. The summed E-state index contributed by atoms with van der Waals surface area (Å²) >= 11 is 0. The van der Waals surface area contributed by atoms with Gasteiger partial charge in [0, 0.05) is 12.8 Å². The lowest BCUT2D eigenvalue weighted by Crippen LogP contribution is -2.40. The number of hydrogen-bond acceptors (Lipinski definition) is 2. The molecular weight excluding hydrogens is 254 g/mol. The predicted octanol–water partition coefficient (Wildman–Crippen LogP) is 3.96. The standard InChI is InChI=1S/C14H16F2O3/c1-10(9-11-3-2-8-19-11)13(12(17)18)4-6-14(15,16)7-5-13/h2-3,8-9H,4-7H2,1H3,(H,17,18)/b10-9+. The molecule has 0 unspecified atom stereocenters. The van der Waals surface area contributed by atoms with E-state index in [0.29, 0.717) is 11.3 Å². The number of carboxylic acids is 1. The lowest BCUT2D eigenvalue weighted by atomic mass is 9.68. The van der Waals surface area contributed by atoms with Crippen molar-refractivity contribution in [3.63, 3.8) is 0 Å². The fourth-order valence-electron chi connectivity index (χ4n) is 2.54. The van der Waals surface area contributed by atoms with Gasteiger partial charge in [0.25, 0.3) is 0 Å². The van der Waals surface area contributed by atoms with Crippen molar-refractivity contribution in [2.24, 2.45) is 5.41 Å². The molecule has 2 rings (SSSR count). The zero-order valence-electron chi connectivity index (χ0n) is 10.7. The monoisotopic (exact) mass is 270 g/mol. The average Bonchev–Trinajstić information content (AvgIpc) is 2.81. The van der Waals surface area contributed by atoms with Gasteiger partial charge < -0.3 is 9.52 Å². The van der Waals surface area contributed by atoms with E-state index in [1.807, 2.05) is 0 Å². The van der Waals surface area contributed by atoms with Gasteiger partial charge in [0.1, 0.15) is 5.76 Å². The van der Waals surface area contributed by atoms with E-state index in [-0.39, 0.29) is 25.7 Å². The van der Waals surface area contributed by atoms with Gasteiger partial charge in [0.15, 0.2) is 0 Å². The molecule has 1 heterocycles. The largest absolute Gasteiger partial charge is 0.481 e. The Morgan fingerprint density at radius 3 is 2.47 bits per heavy atom. The second-order valence-electron chi connectivity index (χ2n) is 5.09. The number of halogens is 2. The average molecular weight is 270 g/mol. The molecule has 0 spiro atoms. The molecule has 0 atom stereocenters. The third-order valence-electron chi connectivity index (χ3n) is 3.90. The van der Waals surface area contributed by atoms with Crippen LogP contribution in [-0.4, -0.2) is 17.0 Å². The van der Waals surface area contributed by atoms with Gasteiger partial charge in [-0.25, -0.2) is 8.78 Å². The van der Waals surface area contributed by atoms with Crippen molar-refractivity contribution in [3.05, 3.63) is 29.7 Å².